The minimum atomic E-state index is -0.588. The van der Waals surface area contributed by atoms with Crippen LogP contribution in [-0.2, 0) is 0 Å². The van der Waals surface area contributed by atoms with E-state index < -0.39 is 11.4 Å². The Morgan fingerprint density at radius 3 is 2.48 bits per heavy atom. The summed E-state index contributed by atoms with van der Waals surface area (Å²) in [6, 6.07) is 13.6. The summed E-state index contributed by atoms with van der Waals surface area (Å²) in [6.45, 7) is 3.70. The number of nitrogens with two attached hydrogens (primary N) is 1. The zero-order valence-electron chi connectivity index (χ0n) is 15.0. The topological polar surface area (TPSA) is 79.1 Å². The fourth-order valence-electron chi connectivity index (χ4n) is 3.61. The molecule has 4 aromatic rings. The number of hydrogen-bond donors (Lipinski definition) is 3. The fraction of sp³-hybridized carbons (Fsp3) is 0.136. The number of fused-ring (bicyclic) bond motifs is 3. The van der Waals surface area contributed by atoms with Gasteiger partial charge in [0.25, 0.3) is 5.56 Å². The van der Waals surface area contributed by atoms with E-state index in [0.717, 1.165) is 11.1 Å². The number of benzene rings is 3. The average molecular weight is 362 g/mol. The van der Waals surface area contributed by atoms with E-state index in [1.807, 2.05) is 31.2 Å². The minimum Gasteiger partial charge on any atom is -0.507 e. The molecule has 0 fully saturated rings. The van der Waals surface area contributed by atoms with Crippen molar-refractivity contribution in [2.24, 2.45) is 5.73 Å². The van der Waals surface area contributed by atoms with E-state index in [9.17, 15) is 14.3 Å². The molecule has 0 saturated heterocycles. The molecule has 0 spiro atoms. The van der Waals surface area contributed by atoms with Gasteiger partial charge in [0.15, 0.2) is 0 Å². The average Bonchev–Trinajstić information content (AvgIpc) is 2.63. The van der Waals surface area contributed by atoms with Crippen LogP contribution in [0.15, 0.2) is 53.3 Å². The summed E-state index contributed by atoms with van der Waals surface area (Å²) >= 11 is 0. The van der Waals surface area contributed by atoms with Crippen LogP contribution in [0.25, 0.3) is 32.8 Å². The molecule has 0 unspecified atom stereocenters. The third kappa shape index (κ3) is 2.67. The number of phenolic OH excluding ortho intramolecular Hbond substituents is 1. The van der Waals surface area contributed by atoms with Gasteiger partial charge in [0.2, 0.25) is 0 Å². The van der Waals surface area contributed by atoms with Gasteiger partial charge in [0, 0.05) is 22.4 Å². The van der Waals surface area contributed by atoms with Crippen molar-refractivity contribution in [3.63, 3.8) is 0 Å². The van der Waals surface area contributed by atoms with E-state index in [2.05, 4.69) is 4.98 Å². The first-order chi connectivity index (χ1) is 12.9. The Morgan fingerprint density at radius 2 is 1.81 bits per heavy atom. The van der Waals surface area contributed by atoms with Gasteiger partial charge in [-0.2, -0.15) is 0 Å². The van der Waals surface area contributed by atoms with Crippen LogP contribution in [0.4, 0.5) is 4.39 Å². The van der Waals surface area contributed by atoms with Crippen molar-refractivity contribution in [1.82, 2.24) is 4.98 Å². The molecule has 1 atom stereocenters. The summed E-state index contributed by atoms with van der Waals surface area (Å²) < 4.78 is 14.4. The highest BCUT2D eigenvalue weighted by Gasteiger charge is 2.18. The Bertz CT molecular complexity index is 1240. The Balaban J connectivity index is 2.18. The highest BCUT2D eigenvalue weighted by molar-refractivity contribution is 6.14. The summed E-state index contributed by atoms with van der Waals surface area (Å²) in [5.74, 6) is -0.513. The molecule has 0 amide bonds. The van der Waals surface area contributed by atoms with E-state index >= 15 is 0 Å². The molecule has 1 aromatic heterocycles. The number of halogens is 1. The summed E-state index contributed by atoms with van der Waals surface area (Å²) in [5, 5.41) is 11.8. The zero-order valence-corrected chi connectivity index (χ0v) is 15.0. The van der Waals surface area contributed by atoms with E-state index in [1.165, 1.54) is 6.07 Å². The summed E-state index contributed by atoms with van der Waals surface area (Å²) in [5.41, 5.74) is 9.02. The molecule has 1 heterocycles. The number of pyridine rings is 1. The van der Waals surface area contributed by atoms with Gasteiger partial charge in [-0.1, -0.05) is 36.4 Å². The molecule has 4 nitrogen and oxygen atoms in total. The number of hydrogen-bond acceptors (Lipinski definition) is 3. The fourth-order valence-corrected chi connectivity index (χ4v) is 3.61. The molecule has 27 heavy (non-hydrogen) atoms. The van der Waals surface area contributed by atoms with Crippen LogP contribution in [0.1, 0.15) is 24.1 Å². The number of aryl methyl sites for hydroxylation is 1. The lowest BCUT2D eigenvalue weighted by molar-refractivity contribution is 0.477. The van der Waals surface area contributed by atoms with Crippen LogP contribution in [-0.4, -0.2) is 10.1 Å². The van der Waals surface area contributed by atoms with E-state index in [1.54, 1.807) is 25.1 Å². The van der Waals surface area contributed by atoms with E-state index in [4.69, 9.17) is 5.73 Å². The first kappa shape index (κ1) is 17.2. The van der Waals surface area contributed by atoms with Gasteiger partial charge in [0.05, 0.1) is 10.9 Å². The highest BCUT2D eigenvalue weighted by Crippen LogP contribution is 2.40. The minimum absolute atomic E-state index is 0.0107. The molecule has 0 aliphatic heterocycles. The van der Waals surface area contributed by atoms with Crippen molar-refractivity contribution >= 4 is 21.7 Å². The second-order valence-electron chi connectivity index (χ2n) is 6.86. The maximum atomic E-state index is 14.4. The number of aromatic amines is 1. The lowest BCUT2D eigenvalue weighted by Gasteiger charge is -2.15. The number of aromatic hydroxyl groups is 1. The Hall–Kier alpha value is -3.18. The van der Waals surface area contributed by atoms with Crippen LogP contribution in [0.2, 0.25) is 0 Å². The maximum Gasteiger partial charge on any atom is 0.259 e. The van der Waals surface area contributed by atoms with Gasteiger partial charge in [0.1, 0.15) is 11.6 Å². The lowest BCUT2D eigenvalue weighted by atomic mass is 9.92. The van der Waals surface area contributed by atoms with Crippen LogP contribution in [0, 0.1) is 12.7 Å². The SMILES string of the molecule is Cc1cc(O)c(-c2ccc([C@@H](C)N)cc2)c2c1[nH]c(=O)c1c(F)cccc12. The van der Waals surface area contributed by atoms with Gasteiger partial charge in [-0.15, -0.1) is 0 Å². The predicted molar refractivity (Wildman–Crippen MR) is 106 cm³/mol. The first-order valence-corrected chi connectivity index (χ1v) is 8.71. The van der Waals surface area contributed by atoms with Gasteiger partial charge in [-0.25, -0.2) is 4.39 Å². The van der Waals surface area contributed by atoms with Crippen LogP contribution in [0.5, 0.6) is 5.75 Å². The molecule has 0 saturated carbocycles. The molecule has 4 N–H and O–H groups in total. The van der Waals surface area contributed by atoms with Gasteiger partial charge in [-0.3, -0.25) is 4.79 Å². The second kappa shape index (κ2) is 6.21. The molecule has 0 radical (unpaired) electrons. The van der Waals surface area contributed by atoms with E-state index in [0.29, 0.717) is 27.4 Å². The van der Waals surface area contributed by atoms with Crippen molar-refractivity contribution < 1.29 is 9.50 Å². The Morgan fingerprint density at radius 1 is 1.11 bits per heavy atom. The number of H-pyrrole nitrogens is 1. The third-order valence-corrected chi connectivity index (χ3v) is 4.98. The molecule has 5 heteroatoms. The zero-order chi connectivity index (χ0) is 19.3. The van der Waals surface area contributed by atoms with Crippen molar-refractivity contribution in [3.8, 4) is 16.9 Å². The third-order valence-electron chi connectivity index (χ3n) is 4.98. The van der Waals surface area contributed by atoms with E-state index in [-0.39, 0.29) is 17.2 Å². The lowest BCUT2D eigenvalue weighted by Crippen LogP contribution is -2.09. The van der Waals surface area contributed by atoms with Crippen molar-refractivity contribution in [2.45, 2.75) is 19.9 Å². The van der Waals surface area contributed by atoms with Gasteiger partial charge < -0.3 is 15.8 Å². The maximum absolute atomic E-state index is 14.4. The number of phenols is 1. The first-order valence-electron chi connectivity index (χ1n) is 8.71. The van der Waals surface area contributed by atoms with Crippen LogP contribution < -0.4 is 11.3 Å². The Kier molecular flexibility index (Phi) is 3.97. The number of aromatic nitrogens is 1. The monoisotopic (exact) mass is 362 g/mol. The van der Waals surface area contributed by atoms with Crippen molar-refractivity contribution in [3.05, 3.63) is 75.8 Å². The molecule has 4 rings (SSSR count). The summed E-state index contributed by atoms with van der Waals surface area (Å²) in [7, 11) is 0. The molecule has 136 valence electrons. The highest BCUT2D eigenvalue weighted by atomic mass is 19.1. The molecular formula is C22H19FN2O2. The normalized spacial score (nSPS) is 12.6. The molecule has 0 aliphatic rings. The number of rotatable bonds is 2. The van der Waals surface area contributed by atoms with Gasteiger partial charge in [-0.05, 0) is 42.7 Å². The van der Waals surface area contributed by atoms with Crippen molar-refractivity contribution in [1.29, 1.82) is 0 Å². The molecule has 0 aliphatic carbocycles. The predicted octanol–water partition coefficient (Wildman–Crippen LogP) is 4.52. The largest absolute Gasteiger partial charge is 0.507 e. The molecular weight excluding hydrogens is 343 g/mol. The van der Waals surface area contributed by atoms with Crippen LogP contribution in [0.3, 0.4) is 0 Å². The quantitative estimate of drug-likeness (QED) is 0.459. The standard InChI is InChI=1S/C22H19FN2O2/c1-11-10-17(26)18(14-8-6-13(7-9-14)12(2)24)20-15-4-3-5-16(23)19(15)22(27)25-21(11)20/h3-10,12,26H,24H2,1-2H3,(H,25,27)/t12-/m1/s1. The smallest absolute Gasteiger partial charge is 0.259 e. The Labute approximate surface area is 155 Å². The molecule has 0 bridgehead atoms. The number of nitrogens with one attached hydrogen (secondary N) is 1. The summed E-state index contributed by atoms with van der Waals surface area (Å²) in [4.78, 5) is 15.2. The van der Waals surface area contributed by atoms with Gasteiger partial charge >= 0.3 is 0 Å². The molecule has 3 aromatic carbocycles. The summed E-state index contributed by atoms with van der Waals surface area (Å²) in [6.07, 6.45) is 0. The second-order valence-corrected chi connectivity index (χ2v) is 6.86. The van der Waals surface area contributed by atoms with Crippen LogP contribution >= 0.6 is 0 Å². The van der Waals surface area contributed by atoms with Crippen molar-refractivity contribution in [2.75, 3.05) is 0 Å².